The molecule has 2 aromatic carbocycles. The second kappa shape index (κ2) is 6.22. The van der Waals surface area contributed by atoms with Crippen molar-refractivity contribution in [2.45, 2.75) is 13.3 Å². The van der Waals surface area contributed by atoms with Crippen LogP contribution in [0.2, 0.25) is 0 Å². The summed E-state index contributed by atoms with van der Waals surface area (Å²) < 4.78 is 1.34. The molecule has 2 heterocycles. The molecule has 4 aromatic rings. The van der Waals surface area contributed by atoms with Crippen molar-refractivity contribution in [1.82, 2.24) is 4.98 Å². The van der Waals surface area contributed by atoms with Crippen LogP contribution in [-0.2, 0) is 6.42 Å². The number of H-pyrrole nitrogens is 1. The van der Waals surface area contributed by atoms with Crippen molar-refractivity contribution in [1.29, 1.82) is 0 Å². The summed E-state index contributed by atoms with van der Waals surface area (Å²) in [4.78, 5) is 15.8. The number of benzene rings is 2. The largest absolute Gasteiger partial charge is 0.478 e. The van der Waals surface area contributed by atoms with E-state index in [-0.39, 0.29) is 0 Å². The van der Waals surface area contributed by atoms with Gasteiger partial charge in [0.15, 0.2) is 0 Å². The summed E-state index contributed by atoms with van der Waals surface area (Å²) in [5.41, 5.74) is 4.52. The maximum atomic E-state index is 11.2. The molecular formula is C21H17NO2S. The molecule has 0 aliphatic rings. The Hall–Kier alpha value is -2.85. The first-order valence-corrected chi connectivity index (χ1v) is 9.02. The Morgan fingerprint density at radius 3 is 2.64 bits per heavy atom. The van der Waals surface area contributed by atoms with E-state index in [0.717, 1.165) is 23.4 Å². The Balaban J connectivity index is 1.74. The maximum Gasteiger partial charge on any atom is 0.335 e. The van der Waals surface area contributed by atoms with Crippen LogP contribution in [-0.4, -0.2) is 16.1 Å². The second-order valence-corrected chi connectivity index (χ2v) is 7.02. The Morgan fingerprint density at radius 2 is 1.84 bits per heavy atom. The van der Waals surface area contributed by atoms with Gasteiger partial charge in [0.05, 0.1) is 16.1 Å². The third-order valence-electron chi connectivity index (χ3n) is 4.38. The second-order valence-electron chi connectivity index (χ2n) is 5.97. The fraction of sp³-hybridized carbons (Fsp3) is 0.0952. The van der Waals surface area contributed by atoms with E-state index in [1.807, 2.05) is 12.1 Å². The number of hydrogen-bond acceptors (Lipinski definition) is 2. The van der Waals surface area contributed by atoms with Gasteiger partial charge in [-0.1, -0.05) is 37.3 Å². The number of aromatic nitrogens is 1. The molecule has 0 radical (unpaired) electrons. The summed E-state index contributed by atoms with van der Waals surface area (Å²) in [6, 6.07) is 19.7. The number of aromatic amines is 1. The zero-order chi connectivity index (χ0) is 17.4. The molecule has 0 spiro atoms. The number of carboxylic acids is 1. The van der Waals surface area contributed by atoms with Gasteiger partial charge in [-0.2, -0.15) is 0 Å². The Labute approximate surface area is 149 Å². The van der Waals surface area contributed by atoms with Gasteiger partial charge >= 0.3 is 5.97 Å². The summed E-state index contributed by atoms with van der Waals surface area (Å²) >= 11 is 1.79. The van der Waals surface area contributed by atoms with Gasteiger partial charge in [0.1, 0.15) is 0 Å². The lowest BCUT2D eigenvalue weighted by Gasteiger charge is -2.00. The van der Waals surface area contributed by atoms with Crippen LogP contribution in [0.5, 0.6) is 0 Å². The van der Waals surface area contributed by atoms with E-state index in [0.29, 0.717) is 5.56 Å². The molecule has 0 atom stereocenters. The van der Waals surface area contributed by atoms with Crippen molar-refractivity contribution in [2.75, 3.05) is 0 Å². The normalized spacial score (nSPS) is 11.1. The van der Waals surface area contributed by atoms with Gasteiger partial charge in [-0.15, -0.1) is 11.3 Å². The number of aromatic carboxylic acids is 1. The molecular weight excluding hydrogens is 330 g/mol. The number of nitrogens with one attached hydrogen (secondary N) is 1. The minimum atomic E-state index is -0.912. The first kappa shape index (κ1) is 15.7. The fourth-order valence-electron chi connectivity index (χ4n) is 3.06. The summed E-state index contributed by atoms with van der Waals surface area (Å²) in [5.74, 6) is -0.912. The first-order valence-electron chi connectivity index (χ1n) is 8.20. The highest BCUT2D eigenvalue weighted by Crippen LogP contribution is 2.36. The van der Waals surface area contributed by atoms with Crippen LogP contribution in [0.15, 0.2) is 60.7 Å². The molecule has 124 valence electrons. The van der Waals surface area contributed by atoms with Crippen LogP contribution >= 0.6 is 11.3 Å². The van der Waals surface area contributed by atoms with E-state index in [1.165, 1.54) is 20.5 Å². The quantitative estimate of drug-likeness (QED) is 0.488. The lowest BCUT2D eigenvalue weighted by molar-refractivity contribution is 0.0697. The molecule has 0 saturated heterocycles. The molecule has 0 unspecified atom stereocenters. The fourth-order valence-corrected chi connectivity index (χ4v) is 4.28. The van der Waals surface area contributed by atoms with Crippen molar-refractivity contribution in [2.24, 2.45) is 0 Å². The molecule has 3 nitrogen and oxygen atoms in total. The average Bonchev–Trinajstić information content (AvgIpc) is 3.28. The summed E-state index contributed by atoms with van der Waals surface area (Å²) in [5, 5.41) is 10.4. The standard InChI is InChI=1S/C21H17NO2S/c1-2-13-5-3-7-15-12-19(25-20(13)15)18-10-9-17(22-18)14-6-4-8-16(11-14)21(23)24/h3-12,22H,2H2,1H3,(H,23,24). The monoisotopic (exact) mass is 347 g/mol. The van der Waals surface area contributed by atoms with Crippen molar-refractivity contribution >= 4 is 27.4 Å². The SMILES string of the molecule is CCc1cccc2cc(-c3ccc(-c4cccc(C(=O)O)c4)[nH]3)sc12. The minimum absolute atomic E-state index is 0.295. The van der Waals surface area contributed by atoms with Gasteiger partial charge in [-0.05, 0) is 53.3 Å². The maximum absolute atomic E-state index is 11.2. The molecule has 0 aliphatic heterocycles. The van der Waals surface area contributed by atoms with Crippen molar-refractivity contribution in [3.8, 4) is 21.8 Å². The number of carbonyl (C=O) groups is 1. The van der Waals surface area contributed by atoms with Gasteiger partial charge < -0.3 is 10.1 Å². The van der Waals surface area contributed by atoms with E-state index >= 15 is 0 Å². The first-order chi connectivity index (χ1) is 12.2. The number of thiophene rings is 1. The lowest BCUT2D eigenvalue weighted by Crippen LogP contribution is -1.95. The zero-order valence-corrected chi connectivity index (χ0v) is 14.6. The van der Waals surface area contributed by atoms with Crippen molar-refractivity contribution < 1.29 is 9.90 Å². The van der Waals surface area contributed by atoms with Gasteiger partial charge in [0, 0.05) is 10.4 Å². The van der Waals surface area contributed by atoms with Gasteiger partial charge in [-0.3, -0.25) is 0 Å². The van der Waals surface area contributed by atoms with Crippen molar-refractivity contribution in [3.63, 3.8) is 0 Å². The predicted molar refractivity (Wildman–Crippen MR) is 103 cm³/mol. The molecule has 2 N–H and O–H groups in total. The summed E-state index contributed by atoms with van der Waals surface area (Å²) in [6.07, 6.45) is 1.02. The van der Waals surface area contributed by atoms with Crippen LogP contribution in [0.3, 0.4) is 0 Å². The number of carboxylic acid groups (broad SMARTS) is 1. The van der Waals surface area contributed by atoms with E-state index in [9.17, 15) is 4.79 Å². The smallest absolute Gasteiger partial charge is 0.335 e. The molecule has 0 fully saturated rings. The lowest BCUT2D eigenvalue weighted by atomic mass is 10.1. The van der Waals surface area contributed by atoms with Crippen LogP contribution < -0.4 is 0 Å². The molecule has 0 amide bonds. The zero-order valence-electron chi connectivity index (χ0n) is 13.7. The average molecular weight is 347 g/mol. The third kappa shape index (κ3) is 2.85. The Kier molecular flexibility index (Phi) is 3.90. The molecule has 0 aliphatic carbocycles. The van der Waals surface area contributed by atoms with E-state index in [2.05, 4.69) is 42.2 Å². The summed E-state index contributed by atoms with van der Waals surface area (Å²) in [7, 11) is 0. The number of hydrogen-bond donors (Lipinski definition) is 2. The molecule has 0 bridgehead atoms. The van der Waals surface area contributed by atoms with Gasteiger partial charge in [0.2, 0.25) is 0 Å². The highest BCUT2D eigenvalue weighted by atomic mass is 32.1. The molecule has 25 heavy (non-hydrogen) atoms. The topological polar surface area (TPSA) is 53.1 Å². The van der Waals surface area contributed by atoms with Crippen LogP contribution in [0.25, 0.3) is 31.9 Å². The van der Waals surface area contributed by atoms with E-state index in [1.54, 1.807) is 29.5 Å². The number of fused-ring (bicyclic) bond motifs is 1. The molecule has 4 heteroatoms. The molecule has 2 aromatic heterocycles. The van der Waals surface area contributed by atoms with E-state index < -0.39 is 5.97 Å². The molecule has 0 saturated carbocycles. The van der Waals surface area contributed by atoms with Crippen molar-refractivity contribution in [3.05, 3.63) is 71.8 Å². The van der Waals surface area contributed by atoms with Crippen LogP contribution in [0.1, 0.15) is 22.8 Å². The molecule has 4 rings (SSSR count). The third-order valence-corrected chi connectivity index (χ3v) is 5.64. The van der Waals surface area contributed by atoms with Gasteiger partial charge in [-0.25, -0.2) is 4.79 Å². The Morgan fingerprint density at radius 1 is 1.04 bits per heavy atom. The summed E-state index contributed by atoms with van der Waals surface area (Å²) in [6.45, 7) is 2.18. The highest BCUT2D eigenvalue weighted by molar-refractivity contribution is 7.22. The number of aryl methyl sites for hydroxylation is 1. The minimum Gasteiger partial charge on any atom is -0.478 e. The van der Waals surface area contributed by atoms with Crippen LogP contribution in [0, 0.1) is 0 Å². The van der Waals surface area contributed by atoms with Crippen LogP contribution in [0.4, 0.5) is 0 Å². The Bertz CT molecular complexity index is 1070. The van der Waals surface area contributed by atoms with Gasteiger partial charge in [0.25, 0.3) is 0 Å². The van der Waals surface area contributed by atoms with E-state index in [4.69, 9.17) is 5.11 Å². The number of rotatable bonds is 4. The predicted octanol–water partition coefficient (Wildman–Crippen LogP) is 5.82. The highest BCUT2D eigenvalue weighted by Gasteiger charge is 2.11.